The van der Waals surface area contributed by atoms with Gasteiger partial charge in [0.15, 0.2) is 0 Å². The highest BCUT2D eigenvalue weighted by Gasteiger charge is 2.23. The van der Waals surface area contributed by atoms with Gasteiger partial charge >= 0.3 is 5.97 Å². The first-order valence-electron chi connectivity index (χ1n) is 4.16. The second-order valence-corrected chi connectivity index (χ2v) is 3.60. The normalized spacial score (nSPS) is 13.2. The highest BCUT2D eigenvalue weighted by atomic mass is 16.6. The van der Waals surface area contributed by atoms with Crippen LogP contribution in [0.2, 0.25) is 0 Å². The summed E-state index contributed by atoms with van der Waals surface area (Å²) in [5.74, 6) is -0.325. The Balaban J connectivity index is 3.94. The minimum Gasteiger partial charge on any atom is -0.463 e. The van der Waals surface area contributed by atoms with E-state index in [9.17, 15) is 9.59 Å². The standard InChI is InChI=1S/C9H16O4/c1-7(13-8(2)11)5-9(3,4)12-6-10/h6-7H,5H2,1-4H3. The zero-order valence-electron chi connectivity index (χ0n) is 8.49. The van der Waals surface area contributed by atoms with Crippen LogP contribution in [-0.2, 0) is 19.1 Å². The molecule has 13 heavy (non-hydrogen) atoms. The maximum atomic E-state index is 10.6. The lowest BCUT2D eigenvalue weighted by molar-refractivity contribution is -0.151. The largest absolute Gasteiger partial charge is 0.463 e. The van der Waals surface area contributed by atoms with Crippen molar-refractivity contribution in [3.05, 3.63) is 0 Å². The molecule has 0 amide bonds. The van der Waals surface area contributed by atoms with E-state index in [1.54, 1.807) is 20.8 Å². The minimum atomic E-state index is -0.587. The van der Waals surface area contributed by atoms with E-state index in [2.05, 4.69) is 0 Å². The topological polar surface area (TPSA) is 52.6 Å². The van der Waals surface area contributed by atoms with Crippen molar-refractivity contribution in [3.63, 3.8) is 0 Å². The van der Waals surface area contributed by atoms with E-state index in [0.717, 1.165) is 0 Å². The molecule has 0 N–H and O–H groups in total. The van der Waals surface area contributed by atoms with Crippen molar-refractivity contribution in [2.24, 2.45) is 0 Å². The van der Waals surface area contributed by atoms with Crippen molar-refractivity contribution < 1.29 is 19.1 Å². The van der Waals surface area contributed by atoms with E-state index in [1.165, 1.54) is 6.92 Å². The molecule has 0 spiro atoms. The van der Waals surface area contributed by atoms with Crippen molar-refractivity contribution in [3.8, 4) is 0 Å². The SMILES string of the molecule is CC(=O)OC(C)CC(C)(C)OC=O. The van der Waals surface area contributed by atoms with Gasteiger partial charge in [0.2, 0.25) is 0 Å². The molecular formula is C9H16O4. The molecule has 1 atom stereocenters. The number of rotatable bonds is 5. The van der Waals surface area contributed by atoms with Crippen molar-refractivity contribution >= 4 is 12.4 Å². The second-order valence-electron chi connectivity index (χ2n) is 3.60. The van der Waals surface area contributed by atoms with E-state index in [-0.39, 0.29) is 12.1 Å². The Morgan fingerprint density at radius 1 is 1.54 bits per heavy atom. The molecule has 0 bridgehead atoms. The van der Waals surface area contributed by atoms with Crippen LogP contribution in [-0.4, -0.2) is 24.1 Å². The fourth-order valence-corrected chi connectivity index (χ4v) is 1.20. The van der Waals surface area contributed by atoms with Crippen LogP contribution in [0.4, 0.5) is 0 Å². The number of hydrogen-bond donors (Lipinski definition) is 0. The summed E-state index contributed by atoms with van der Waals surface area (Å²) in [7, 11) is 0. The fraction of sp³-hybridized carbons (Fsp3) is 0.778. The molecule has 0 fully saturated rings. The van der Waals surface area contributed by atoms with Crippen molar-refractivity contribution in [2.75, 3.05) is 0 Å². The lowest BCUT2D eigenvalue weighted by Crippen LogP contribution is -2.30. The number of ether oxygens (including phenoxy) is 2. The molecule has 0 saturated carbocycles. The molecule has 4 heteroatoms. The fourth-order valence-electron chi connectivity index (χ4n) is 1.20. The summed E-state index contributed by atoms with van der Waals surface area (Å²) in [4.78, 5) is 20.7. The van der Waals surface area contributed by atoms with Crippen LogP contribution in [0.25, 0.3) is 0 Å². The van der Waals surface area contributed by atoms with Crippen LogP contribution in [0.3, 0.4) is 0 Å². The van der Waals surface area contributed by atoms with Crippen molar-refractivity contribution in [1.29, 1.82) is 0 Å². The average molecular weight is 188 g/mol. The van der Waals surface area contributed by atoms with Gasteiger partial charge in [0.05, 0.1) is 0 Å². The first kappa shape index (κ1) is 11.9. The van der Waals surface area contributed by atoms with Gasteiger partial charge in [0.25, 0.3) is 6.47 Å². The van der Waals surface area contributed by atoms with E-state index >= 15 is 0 Å². The molecule has 0 rings (SSSR count). The van der Waals surface area contributed by atoms with E-state index in [1.807, 2.05) is 0 Å². The molecule has 0 aliphatic rings. The Morgan fingerprint density at radius 3 is 2.46 bits per heavy atom. The third-order valence-electron chi connectivity index (χ3n) is 1.51. The van der Waals surface area contributed by atoms with Gasteiger partial charge in [0, 0.05) is 13.3 Å². The number of hydrogen-bond acceptors (Lipinski definition) is 4. The predicted octanol–water partition coefficient (Wildman–Crippen LogP) is 1.28. The summed E-state index contributed by atoms with van der Waals surface area (Å²) < 4.78 is 9.71. The Bertz CT molecular complexity index is 186. The molecule has 1 unspecified atom stereocenters. The van der Waals surface area contributed by atoms with E-state index in [0.29, 0.717) is 12.9 Å². The average Bonchev–Trinajstić information content (AvgIpc) is 1.81. The molecule has 0 heterocycles. The van der Waals surface area contributed by atoms with Crippen LogP contribution < -0.4 is 0 Å². The number of carbonyl (C=O) groups excluding carboxylic acids is 2. The quantitative estimate of drug-likeness (QED) is 0.481. The van der Waals surface area contributed by atoms with Crippen LogP contribution in [0.1, 0.15) is 34.1 Å². The van der Waals surface area contributed by atoms with Gasteiger partial charge in [-0.05, 0) is 20.8 Å². The predicted molar refractivity (Wildman–Crippen MR) is 47.1 cm³/mol. The highest BCUT2D eigenvalue weighted by Crippen LogP contribution is 2.17. The van der Waals surface area contributed by atoms with Gasteiger partial charge < -0.3 is 9.47 Å². The van der Waals surface area contributed by atoms with Gasteiger partial charge in [0.1, 0.15) is 11.7 Å². The van der Waals surface area contributed by atoms with Crippen molar-refractivity contribution in [1.82, 2.24) is 0 Å². The Labute approximate surface area is 78.2 Å². The Morgan fingerprint density at radius 2 is 2.08 bits per heavy atom. The number of esters is 1. The first-order chi connectivity index (χ1) is 5.87. The summed E-state index contributed by atoms with van der Waals surface area (Å²) in [5.41, 5.74) is -0.587. The van der Waals surface area contributed by atoms with Gasteiger partial charge in [-0.2, -0.15) is 0 Å². The van der Waals surface area contributed by atoms with Gasteiger partial charge in [-0.15, -0.1) is 0 Å². The smallest absolute Gasteiger partial charge is 0.302 e. The lowest BCUT2D eigenvalue weighted by atomic mass is 10.0. The summed E-state index contributed by atoms with van der Waals surface area (Å²) >= 11 is 0. The molecule has 0 saturated heterocycles. The van der Waals surface area contributed by atoms with Crippen LogP contribution >= 0.6 is 0 Å². The third kappa shape index (κ3) is 6.13. The highest BCUT2D eigenvalue weighted by molar-refractivity contribution is 5.66. The molecule has 76 valence electrons. The monoisotopic (exact) mass is 188 g/mol. The summed E-state index contributed by atoms with van der Waals surface area (Å²) in [5, 5.41) is 0. The minimum absolute atomic E-state index is 0.243. The summed E-state index contributed by atoms with van der Waals surface area (Å²) in [6.07, 6.45) is 0.248. The zero-order valence-corrected chi connectivity index (χ0v) is 8.49. The van der Waals surface area contributed by atoms with Gasteiger partial charge in [-0.3, -0.25) is 9.59 Å². The van der Waals surface area contributed by atoms with Crippen LogP contribution in [0.15, 0.2) is 0 Å². The first-order valence-corrected chi connectivity index (χ1v) is 4.16. The molecule has 4 nitrogen and oxygen atoms in total. The maximum absolute atomic E-state index is 10.6. The molecule has 0 aromatic rings. The van der Waals surface area contributed by atoms with Crippen LogP contribution in [0, 0.1) is 0 Å². The van der Waals surface area contributed by atoms with Gasteiger partial charge in [-0.25, -0.2) is 0 Å². The van der Waals surface area contributed by atoms with Gasteiger partial charge in [-0.1, -0.05) is 0 Å². The third-order valence-corrected chi connectivity index (χ3v) is 1.51. The second kappa shape index (κ2) is 4.84. The Kier molecular flexibility index (Phi) is 4.45. The van der Waals surface area contributed by atoms with Crippen LogP contribution in [0.5, 0.6) is 0 Å². The lowest BCUT2D eigenvalue weighted by Gasteiger charge is -2.25. The molecule has 0 aliphatic carbocycles. The van der Waals surface area contributed by atoms with E-state index in [4.69, 9.17) is 9.47 Å². The molecule has 0 radical (unpaired) electrons. The van der Waals surface area contributed by atoms with Crippen molar-refractivity contribution in [2.45, 2.75) is 45.8 Å². The van der Waals surface area contributed by atoms with E-state index < -0.39 is 5.60 Å². The summed E-state index contributed by atoms with van der Waals surface area (Å²) in [6.45, 7) is 7.05. The zero-order chi connectivity index (χ0) is 10.5. The molecular weight excluding hydrogens is 172 g/mol. The molecule has 0 aromatic carbocycles. The molecule has 0 aliphatic heterocycles. The maximum Gasteiger partial charge on any atom is 0.302 e. The number of carbonyl (C=O) groups is 2. The summed E-state index contributed by atoms with van der Waals surface area (Å²) in [6, 6.07) is 0. The Hall–Kier alpha value is -1.06. The molecule has 0 aromatic heterocycles.